The number of carbonyl (C=O) groups excluding carboxylic acids is 1. The van der Waals surface area contributed by atoms with Gasteiger partial charge in [0.15, 0.2) is 0 Å². The molecule has 2 atom stereocenters. The number of aromatic amines is 1. The van der Waals surface area contributed by atoms with E-state index in [2.05, 4.69) is 29.6 Å². The monoisotopic (exact) mass is 424 g/mol. The van der Waals surface area contributed by atoms with E-state index in [1.54, 1.807) is 12.1 Å². The SMILES string of the molecule is O=C(CN1CCc2[nH]nc(-c3ccccc3F)c2C1)N1[C@H]2CC[C@H]1c1snnc1C2. The second-order valence-electron chi connectivity index (χ2n) is 8.31. The largest absolute Gasteiger partial charge is 0.330 e. The number of H-pyrrole nitrogens is 1. The number of carbonyl (C=O) groups is 1. The van der Waals surface area contributed by atoms with Gasteiger partial charge in [0.1, 0.15) is 5.82 Å². The van der Waals surface area contributed by atoms with Crippen LogP contribution in [0.25, 0.3) is 11.3 Å². The van der Waals surface area contributed by atoms with Crippen molar-refractivity contribution in [2.45, 2.75) is 44.3 Å². The molecular weight excluding hydrogens is 403 g/mol. The van der Waals surface area contributed by atoms with E-state index in [1.165, 1.54) is 17.6 Å². The van der Waals surface area contributed by atoms with Crippen molar-refractivity contribution in [3.05, 3.63) is 51.9 Å². The lowest BCUT2D eigenvalue weighted by molar-refractivity contribution is -0.136. The van der Waals surface area contributed by atoms with Gasteiger partial charge in [-0.25, -0.2) is 4.39 Å². The standard InChI is InChI=1S/C21H21FN6OS/c22-15-4-2-1-3-13(15)20-14-10-27(8-7-16(14)23-25-20)11-19(29)28-12-5-6-18(28)21-17(9-12)24-26-30-21/h1-4,12,18H,5-11H2,(H,23,25)/t12-,18-/m0/s1. The topological polar surface area (TPSA) is 78.0 Å². The Morgan fingerprint density at radius 3 is 3.10 bits per heavy atom. The third-order valence-corrected chi connectivity index (χ3v) is 7.48. The van der Waals surface area contributed by atoms with Crippen molar-refractivity contribution in [3.8, 4) is 11.3 Å². The Morgan fingerprint density at radius 2 is 2.20 bits per heavy atom. The van der Waals surface area contributed by atoms with Crippen LogP contribution in [0.5, 0.6) is 0 Å². The van der Waals surface area contributed by atoms with Crippen LogP contribution in [0.4, 0.5) is 4.39 Å². The van der Waals surface area contributed by atoms with Crippen molar-refractivity contribution in [1.82, 2.24) is 29.6 Å². The first-order chi connectivity index (χ1) is 14.7. The highest BCUT2D eigenvalue weighted by molar-refractivity contribution is 7.05. The van der Waals surface area contributed by atoms with Crippen molar-refractivity contribution >= 4 is 17.4 Å². The predicted octanol–water partition coefficient (Wildman–Crippen LogP) is 2.71. The fraction of sp³-hybridized carbons (Fsp3) is 0.429. The molecule has 2 bridgehead atoms. The van der Waals surface area contributed by atoms with Gasteiger partial charge in [0, 0.05) is 48.8 Å². The molecule has 1 saturated heterocycles. The van der Waals surface area contributed by atoms with E-state index in [4.69, 9.17) is 0 Å². The van der Waals surface area contributed by atoms with E-state index >= 15 is 0 Å². The smallest absolute Gasteiger partial charge is 0.237 e. The fourth-order valence-corrected chi connectivity index (χ4v) is 6.00. The predicted molar refractivity (Wildman–Crippen MR) is 109 cm³/mol. The molecule has 0 unspecified atom stereocenters. The van der Waals surface area contributed by atoms with E-state index in [0.717, 1.165) is 54.1 Å². The Morgan fingerprint density at radius 1 is 1.30 bits per heavy atom. The molecular formula is C21H21FN6OS. The van der Waals surface area contributed by atoms with Gasteiger partial charge in [-0.1, -0.05) is 16.6 Å². The Bertz CT molecular complexity index is 1130. The maximum Gasteiger partial charge on any atom is 0.237 e. The zero-order chi connectivity index (χ0) is 20.2. The summed E-state index contributed by atoms with van der Waals surface area (Å²) in [4.78, 5) is 18.7. The van der Waals surface area contributed by atoms with Gasteiger partial charge in [-0.05, 0) is 36.5 Å². The first-order valence-corrected chi connectivity index (χ1v) is 11.1. The molecule has 154 valence electrons. The molecule has 0 spiro atoms. The molecule has 1 amide bonds. The molecule has 1 aromatic carbocycles. The summed E-state index contributed by atoms with van der Waals surface area (Å²) in [6.07, 6.45) is 3.62. The molecule has 9 heteroatoms. The zero-order valence-electron chi connectivity index (χ0n) is 16.3. The van der Waals surface area contributed by atoms with Crippen LogP contribution in [0.3, 0.4) is 0 Å². The highest BCUT2D eigenvalue weighted by atomic mass is 32.1. The molecule has 0 radical (unpaired) electrons. The summed E-state index contributed by atoms with van der Waals surface area (Å²) in [5, 5.41) is 11.7. The van der Waals surface area contributed by atoms with Crippen LogP contribution in [0.1, 0.15) is 40.7 Å². The number of amides is 1. The average Bonchev–Trinajstić information content (AvgIpc) is 3.46. The summed E-state index contributed by atoms with van der Waals surface area (Å²) >= 11 is 1.43. The van der Waals surface area contributed by atoms with Crippen LogP contribution >= 0.6 is 11.5 Å². The summed E-state index contributed by atoms with van der Waals surface area (Å²) in [7, 11) is 0. The van der Waals surface area contributed by atoms with E-state index in [0.29, 0.717) is 24.3 Å². The van der Waals surface area contributed by atoms with Crippen LogP contribution < -0.4 is 0 Å². The number of halogens is 1. The molecule has 1 N–H and O–H groups in total. The number of fused-ring (bicyclic) bond motifs is 5. The summed E-state index contributed by atoms with van der Waals surface area (Å²) in [6, 6.07) is 7.08. The molecule has 1 fully saturated rings. The van der Waals surface area contributed by atoms with Crippen molar-refractivity contribution < 1.29 is 9.18 Å². The Balaban J connectivity index is 1.22. The molecule has 0 saturated carbocycles. The second-order valence-corrected chi connectivity index (χ2v) is 9.09. The lowest BCUT2D eigenvalue weighted by Crippen LogP contribution is -2.47. The molecule has 7 nitrogen and oxygen atoms in total. The normalized spacial score (nSPS) is 22.8. The van der Waals surface area contributed by atoms with Crippen molar-refractivity contribution in [2.75, 3.05) is 13.1 Å². The van der Waals surface area contributed by atoms with E-state index in [1.807, 2.05) is 6.07 Å². The van der Waals surface area contributed by atoms with Crippen LogP contribution in [0.15, 0.2) is 24.3 Å². The molecule has 30 heavy (non-hydrogen) atoms. The number of nitrogens with zero attached hydrogens (tertiary/aromatic N) is 5. The van der Waals surface area contributed by atoms with Gasteiger partial charge in [-0.15, -0.1) is 5.10 Å². The second kappa shape index (κ2) is 6.95. The highest BCUT2D eigenvalue weighted by Gasteiger charge is 2.44. The van der Waals surface area contributed by atoms with Gasteiger partial charge in [-0.2, -0.15) is 5.10 Å². The van der Waals surface area contributed by atoms with Gasteiger partial charge < -0.3 is 4.90 Å². The quantitative estimate of drug-likeness (QED) is 0.700. The van der Waals surface area contributed by atoms with E-state index in [9.17, 15) is 9.18 Å². The minimum absolute atomic E-state index is 0.134. The van der Waals surface area contributed by atoms with Crippen LogP contribution in [0, 0.1) is 5.82 Å². The van der Waals surface area contributed by atoms with Gasteiger partial charge in [-0.3, -0.25) is 14.8 Å². The molecule has 3 aromatic rings. The molecule has 5 heterocycles. The number of benzene rings is 1. The van der Waals surface area contributed by atoms with Crippen molar-refractivity contribution in [2.24, 2.45) is 0 Å². The molecule has 6 rings (SSSR count). The maximum atomic E-state index is 14.3. The van der Waals surface area contributed by atoms with E-state index < -0.39 is 0 Å². The first kappa shape index (κ1) is 18.1. The van der Waals surface area contributed by atoms with Crippen molar-refractivity contribution in [1.29, 1.82) is 0 Å². The van der Waals surface area contributed by atoms with Gasteiger partial charge in [0.05, 0.1) is 28.9 Å². The van der Waals surface area contributed by atoms with Gasteiger partial charge >= 0.3 is 0 Å². The zero-order valence-corrected chi connectivity index (χ0v) is 17.2. The van der Waals surface area contributed by atoms with E-state index in [-0.39, 0.29) is 23.8 Å². The number of nitrogens with one attached hydrogen (secondary N) is 1. The van der Waals surface area contributed by atoms with Crippen LogP contribution in [-0.4, -0.2) is 54.6 Å². The summed E-state index contributed by atoms with van der Waals surface area (Å²) < 4.78 is 18.4. The van der Waals surface area contributed by atoms with Crippen LogP contribution in [-0.2, 0) is 24.2 Å². The molecule has 3 aliphatic heterocycles. The fourth-order valence-electron chi connectivity index (χ4n) is 5.19. The molecule has 2 aromatic heterocycles. The molecule has 3 aliphatic rings. The average molecular weight is 425 g/mol. The Labute approximate surface area is 177 Å². The maximum absolute atomic E-state index is 14.3. The third kappa shape index (κ3) is 2.79. The lowest BCUT2D eigenvalue weighted by atomic mass is 10.0. The Kier molecular flexibility index (Phi) is 4.21. The minimum atomic E-state index is -0.279. The number of aromatic nitrogens is 4. The molecule has 0 aliphatic carbocycles. The van der Waals surface area contributed by atoms with Gasteiger partial charge in [0.25, 0.3) is 0 Å². The third-order valence-electron chi connectivity index (χ3n) is 6.61. The summed E-state index contributed by atoms with van der Waals surface area (Å²) in [5.74, 6) is -0.111. The Hall–Kier alpha value is -2.65. The summed E-state index contributed by atoms with van der Waals surface area (Å²) in [5.41, 5.74) is 4.26. The van der Waals surface area contributed by atoms with Crippen LogP contribution in [0.2, 0.25) is 0 Å². The number of hydrogen-bond donors (Lipinski definition) is 1. The number of hydrogen-bond acceptors (Lipinski definition) is 6. The highest BCUT2D eigenvalue weighted by Crippen LogP contribution is 2.44. The first-order valence-electron chi connectivity index (χ1n) is 10.3. The van der Waals surface area contributed by atoms with Crippen molar-refractivity contribution in [3.63, 3.8) is 0 Å². The minimum Gasteiger partial charge on any atom is -0.330 e. The van der Waals surface area contributed by atoms with Gasteiger partial charge in [0.2, 0.25) is 5.91 Å². The number of rotatable bonds is 3. The summed E-state index contributed by atoms with van der Waals surface area (Å²) in [6.45, 7) is 1.75. The lowest BCUT2D eigenvalue weighted by Gasteiger charge is -2.36.